The van der Waals surface area contributed by atoms with Crippen molar-refractivity contribution in [1.82, 2.24) is 4.90 Å². The van der Waals surface area contributed by atoms with E-state index in [1.807, 2.05) is 25.0 Å². The van der Waals surface area contributed by atoms with Gasteiger partial charge in [0.25, 0.3) is 0 Å². The minimum absolute atomic E-state index is 0. The first-order valence-electron chi connectivity index (χ1n) is 5.73. The summed E-state index contributed by atoms with van der Waals surface area (Å²) in [6.45, 7) is 5.30. The fourth-order valence-corrected chi connectivity index (χ4v) is 2.45. The summed E-state index contributed by atoms with van der Waals surface area (Å²) in [6.07, 6.45) is 3.00. The third-order valence-corrected chi connectivity index (χ3v) is 3.33. The van der Waals surface area contributed by atoms with Crippen LogP contribution in [0.25, 0.3) is 0 Å². The van der Waals surface area contributed by atoms with Crippen LogP contribution in [-0.4, -0.2) is 54.2 Å². The Morgan fingerprint density at radius 3 is 2.47 bits per heavy atom. The molecule has 1 saturated heterocycles. The van der Waals surface area contributed by atoms with Gasteiger partial charge >= 0.3 is 0 Å². The van der Waals surface area contributed by atoms with Crippen molar-refractivity contribution >= 4 is 30.1 Å². The molecule has 0 aliphatic carbocycles. The topological polar surface area (TPSA) is 55.6 Å². The summed E-state index contributed by atoms with van der Waals surface area (Å²) >= 11 is 1.72. The molecule has 3 unspecified atom stereocenters. The van der Waals surface area contributed by atoms with Gasteiger partial charge in [-0.05, 0) is 32.3 Å². The van der Waals surface area contributed by atoms with Gasteiger partial charge in [0.15, 0.2) is 0 Å². The lowest BCUT2D eigenvalue weighted by Crippen LogP contribution is -2.53. The van der Waals surface area contributed by atoms with Gasteiger partial charge in [-0.2, -0.15) is 11.8 Å². The van der Waals surface area contributed by atoms with Gasteiger partial charge in [-0.3, -0.25) is 4.79 Å². The highest BCUT2D eigenvalue weighted by atomic mass is 35.5. The maximum atomic E-state index is 12.0. The Morgan fingerprint density at radius 1 is 1.47 bits per heavy atom. The van der Waals surface area contributed by atoms with Crippen LogP contribution in [0.2, 0.25) is 0 Å². The van der Waals surface area contributed by atoms with Crippen molar-refractivity contribution in [2.75, 3.05) is 25.1 Å². The molecule has 1 aliphatic heterocycles. The van der Waals surface area contributed by atoms with E-state index in [9.17, 15) is 4.79 Å². The zero-order valence-corrected chi connectivity index (χ0v) is 12.4. The second-order valence-electron chi connectivity index (χ2n) is 4.39. The van der Waals surface area contributed by atoms with Crippen molar-refractivity contribution < 1.29 is 9.53 Å². The smallest absolute Gasteiger partial charge is 0.239 e. The van der Waals surface area contributed by atoms with E-state index in [4.69, 9.17) is 10.5 Å². The van der Waals surface area contributed by atoms with E-state index in [2.05, 4.69) is 0 Å². The van der Waals surface area contributed by atoms with Gasteiger partial charge in [-0.15, -0.1) is 12.4 Å². The molecule has 1 rings (SSSR count). The second kappa shape index (κ2) is 8.19. The number of morpholine rings is 1. The number of amides is 1. The summed E-state index contributed by atoms with van der Waals surface area (Å²) in [6, 6.07) is -0.357. The highest BCUT2D eigenvalue weighted by Gasteiger charge is 2.28. The number of carbonyl (C=O) groups excluding carboxylic acids is 1. The largest absolute Gasteiger partial charge is 0.372 e. The first kappa shape index (κ1) is 17.0. The number of hydrogen-bond acceptors (Lipinski definition) is 4. The Morgan fingerprint density at radius 2 is 2.00 bits per heavy atom. The Hall–Kier alpha value is 0.0300. The summed E-state index contributed by atoms with van der Waals surface area (Å²) < 4.78 is 5.59. The Kier molecular flexibility index (Phi) is 8.20. The van der Waals surface area contributed by atoms with Crippen molar-refractivity contribution in [2.24, 2.45) is 5.73 Å². The number of thioether (sulfide) groups is 1. The number of hydrogen-bond donors (Lipinski definition) is 1. The number of carbonyl (C=O) groups is 1. The van der Waals surface area contributed by atoms with Crippen molar-refractivity contribution in [3.05, 3.63) is 0 Å². The molecule has 1 aliphatic rings. The molecule has 1 heterocycles. The van der Waals surface area contributed by atoms with E-state index >= 15 is 0 Å². The standard InChI is InChI=1S/C11H22N2O2S.ClH/c1-8-6-13(7-9(2)15-8)11(14)10(12)4-5-16-3;/h8-10H,4-7,12H2,1-3H3;1H. The average Bonchev–Trinajstić information content (AvgIpc) is 2.23. The molecule has 1 fully saturated rings. The van der Waals surface area contributed by atoms with Crippen molar-refractivity contribution in [3.63, 3.8) is 0 Å². The molecule has 6 heteroatoms. The van der Waals surface area contributed by atoms with Crippen LogP contribution >= 0.6 is 24.2 Å². The lowest BCUT2D eigenvalue weighted by Gasteiger charge is -2.36. The number of nitrogens with two attached hydrogens (primary N) is 1. The zero-order chi connectivity index (χ0) is 12.1. The minimum atomic E-state index is -0.357. The molecular formula is C11H23ClN2O2S. The second-order valence-corrected chi connectivity index (χ2v) is 5.37. The van der Waals surface area contributed by atoms with E-state index in [-0.39, 0.29) is 36.6 Å². The molecular weight excluding hydrogens is 260 g/mol. The highest BCUT2D eigenvalue weighted by Crippen LogP contribution is 2.12. The molecule has 102 valence electrons. The van der Waals surface area contributed by atoms with Crippen LogP contribution in [0.1, 0.15) is 20.3 Å². The zero-order valence-electron chi connectivity index (χ0n) is 10.7. The van der Waals surface area contributed by atoms with Crippen LogP contribution < -0.4 is 5.73 Å². The normalized spacial score (nSPS) is 26.2. The molecule has 0 bridgehead atoms. The summed E-state index contributed by atoms with van der Waals surface area (Å²) in [5, 5.41) is 0. The SMILES string of the molecule is CSCCC(N)C(=O)N1CC(C)OC(C)C1.Cl. The Balaban J connectivity index is 0.00000256. The predicted molar refractivity (Wildman–Crippen MR) is 74.8 cm³/mol. The van der Waals surface area contributed by atoms with Gasteiger partial charge in [0.2, 0.25) is 5.91 Å². The van der Waals surface area contributed by atoms with E-state index < -0.39 is 0 Å². The summed E-state index contributed by atoms with van der Waals surface area (Å²) in [5.41, 5.74) is 5.88. The number of ether oxygens (including phenoxy) is 1. The lowest BCUT2D eigenvalue weighted by atomic mass is 10.1. The first-order chi connectivity index (χ1) is 7.54. The molecule has 0 radical (unpaired) electrons. The van der Waals surface area contributed by atoms with Crippen molar-refractivity contribution in [2.45, 2.75) is 38.5 Å². The van der Waals surface area contributed by atoms with Gasteiger partial charge in [0.05, 0.1) is 18.2 Å². The van der Waals surface area contributed by atoms with Gasteiger partial charge < -0.3 is 15.4 Å². The Labute approximate surface area is 114 Å². The lowest BCUT2D eigenvalue weighted by molar-refractivity contribution is -0.144. The fraction of sp³-hybridized carbons (Fsp3) is 0.909. The van der Waals surface area contributed by atoms with Gasteiger partial charge in [0, 0.05) is 13.1 Å². The van der Waals surface area contributed by atoms with Crippen LogP contribution in [-0.2, 0) is 9.53 Å². The third kappa shape index (κ3) is 5.46. The molecule has 4 nitrogen and oxygen atoms in total. The van der Waals surface area contributed by atoms with Crippen LogP contribution in [0.5, 0.6) is 0 Å². The maximum Gasteiger partial charge on any atom is 0.239 e. The van der Waals surface area contributed by atoms with Crippen molar-refractivity contribution in [3.8, 4) is 0 Å². The first-order valence-corrected chi connectivity index (χ1v) is 7.12. The van der Waals surface area contributed by atoms with Gasteiger partial charge in [0.1, 0.15) is 0 Å². The van der Waals surface area contributed by atoms with Crippen molar-refractivity contribution in [1.29, 1.82) is 0 Å². The quantitative estimate of drug-likeness (QED) is 0.840. The molecule has 0 aromatic rings. The van der Waals surface area contributed by atoms with Crippen LogP contribution in [0, 0.1) is 0 Å². The molecule has 0 aromatic heterocycles. The fourth-order valence-electron chi connectivity index (χ4n) is 1.96. The third-order valence-electron chi connectivity index (χ3n) is 2.68. The van der Waals surface area contributed by atoms with Crippen LogP contribution in [0.15, 0.2) is 0 Å². The average molecular weight is 283 g/mol. The molecule has 0 saturated carbocycles. The van der Waals surface area contributed by atoms with Gasteiger partial charge in [-0.25, -0.2) is 0 Å². The Bertz CT molecular complexity index is 234. The number of rotatable bonds is 4. The summed E-state index contributed by atoms with van der Waals surface area (Å²) in [5.74, 6) is 0.999. The number of halogens is 1. The molecule has 3 atom stereocenters. The molecule has 1 amide bonds. The minimum Gasteiger partial charge on any atom is -0.372 e. The van der Waals surface area contributed by atoms with E-state index in [0.29, 0.717) is 13.1 Å². The van der Waals surface area contributed by atoms with Gasteiger partial charge in [-0.1, -0.05) is 0 Å². The van der Waals surface area contributed by atoms with E-state index in [1.165, 1.54) is 0 Å². The highest BCUT2D eigenvalue weighted by molar-refractivity contribution is 7.98. The molecule has 0 aromatic carbocycles. The van der Waals surface area contributed by atoms with E-state index in [1.54, 1.807) is 11.8 Å². The summed E-state index contributed by atoms with van der Waals surface area (Å²) in [7, 11) is 0. The molecule has 17 heavy (non-hydrogen) atoms. The van der Waals surface area contributed by atoms with Crippen LogP contribution in [0.3, 0.4) is 0 Å². The number of nitrogens with zero attached hydrogens (tertiary/aromatic N) is 1. The van der Waals surface area contributed by atoms with Crippen LogP contribution in [0.4, 0.5) is 0 Å². The monoisotopic (exact) mass is 282 g/mol. The predicted octanol–water partition coefficient (Wildman–Crippen LogP) is 1.12. The molecule has 0 spiro atoms. The maximum absolute atomic E-state index is 12.0. The summed E-state index contributed by atoms with van der Waals surface area (Å²) in [4.78, 5) is 13.9. The molecule has 2 N–H and O–H groups in total. The van der Waals surface area contributed by atoms with E-state index in [0.717, 1.165) is 12.2 Å².